The first-order valence-electron chi connectivity index (χ1n) is 4.36. The molecule has 0 radical (unpaired) electrons. The van der Waals surface area contributed by atoms with Crippen molar-refractivity contribution in [2.24, 2.45) is 0 Å². The third kappa shape index (κ3) is 1.37. The zero-order chi connectivity index (χ0) is 10.1. The molecule has 0 fully saturated rings. The first-order chi connectivity index (χ1) is 6.68. The Labute approximate surface area is 81.6 Å². The van der Waals surface area contributed by atoms with Crippen molar-refractivity contribution in [1.29, 1.82) is 0 Å². The Balaban J connectivity index is 2.41. The van der Waals surface area contributed by atoms with Gasteiger partial charge in [-0.25, -0.2) is 4.79 Å². The first-order valence-corrected chi connectivity index (χ1v) is 4.36. The smallest absolute Gasteiger partial charge is 0.349 e. The van der Waals surface area contributed by atoms with Crippen molar-refractivity contribution in [1.82, 2.24) is 0 Å². The van der Waals surface area contributed by atoms with Gasteiger partial charge in [0.1, 0.15) is 5.75 Å². The molecule has 3 nitrogen and oxygen atoms in total. The molecule has 0 spiro atoms. The second-order valence-electron chi connectivity index (χ2n) is 3.22. The number of ether oxygens (including phenoxy) is 1. The van der Waals surface area contributed by atoms with Crippen molar-refractivity contribution >= 4 is 12.0 Å². The third-order valence-corrected chi connectivity index (χ3v) is 2.22. The van der Waals surface area contributed by atoms with Crippen molar-refractivity contribution in [2.45, 2.75) is 13.0 Å². The summed E-state index contributed by atoms with van der Waals surface area (Å²) in [7, 11) is 0. The number of carboxylic acid groups (broad SMARTS) is 1. The van der Waals surface area contributed by atoms with Crippen LogP contribution in [-0.2, 0) is 4.79 Å². The van der Waals surface area contributed by atoms with Gasteiger partial charge in [-0.3, -0.25) is 0 Å². The molecule has 1 unspecified atom stereocenters. The van der Waals surface area contributed by atoms with Gasteiger partial charge in [0.05, 0.1) is 0 Å². The number of aryl methyl sites for hydroxylation is 1. The molecular formula is C11H10O3. The van der Waals surface area contributed by atoms with Gasteiger partial charge in [-0.2, -0.15) is 0 Å². The van der Waals surface area contributed by atoms with Gasteiger partial charge in [-0.05, 0) is 24.6 Å². The molecule has 1 aromatic rings. The summed E-state index contributed by atoms with van der Waals surface area (Å²) in [4.78, 5) is 10.7. The summed E-state index contributed by atoms with van der Waals surface area (Å²) in [6.45, 7) is 1.97. The molecule has 14 heavy (non-hydrogen) atoms. The number of rotatable bonds is 1. The Morgan fingerprint density at radius 1 is 1.50 bits per heavy atom. The SMILES string of the molecule is Cc1cccc2c1C=CC(C(=O)O)O2. The highest BCUT2D eigenvalue weighted by atomic mass is 16.5. The standard InChI is InChI=1S/C11H10O3/c1-7-3-2-4-9-8(7)5-6-10(14-9)11(12)13/h2-6,10H,1H3,(H,12,13). The molecule has 0 saturated carbocycles. The molecule has 1 aliphatic heterocycles. The van der Waals surface area contributed by atoms with Crippen LogP contribution in [0.1, 0.15) is 11.1 Å². The van der Waals surface area contributed by atoms with Gasteiger partial charge >= 0.3 is 5.97 Å². The molecule has 1 atom stereocenters. The van der Waals surface area contributed by atoms with Crippen molar-refractivity contribution in [3.8, 4) is 5.75 Å². The fraction of sp³-hybridized carbons (Fsp3) is 0.182. The van der Waals surface area contributed by atoms with Crippen LogP contribution < -0.4 is 4.74 Å². The minimum Gasteiger partial charge on any atom is -0.478 e. The molecule has 72 valence electrons. The number of hydrogen-bond acceptors (Lipinski definition) is 2. The summed E-state index contributed by atoms with van der Waals surface area (Å²) in [5, 5.41) is 8.76. The highest BCUT2D eigenvalue weighted by Crippen LogP contribution is 2.28. The number of carbonyl (C=O) groups is 1. The van der Waals surface area contributed by atoms with Crippen molar-refractivity contribution < 1.29 is 14.6 Å². The van der Waals surface area contributed by atoms with E-state index in [0.29, 0.717) is 5.75 Å². The molecule has 0 bridgehead atoms. The van der Waals surface area contributed by atoms with E-state index in [2.05, 4.69) is 0 Å². The summed E-state index contributed by atoms with van der Waals surface area (Å²) in [5.74, 6) is -0.326. The van der Waals surface area contributed by atoms with E-state index in [4.69, 9.17) is 9.84 Å². The number of benzene rings is 1. The highest BCUT2D eigenvalue weighted by molar-refractivity contribution is 5.79. The molecule has 1 heterocycles. The van der Waals surface area contributed by atoms with Gasteiger partial charge in [-0.15, -0.1) is 0 Å². The summed E-state index contributed by atoms with van der Waals surface area (Å²) in [6.07, 6.45) is 2.49. The lowest BCUT2D eigenvalue weighted by Gasteiger charge is -2.19. The van der Waals surface area contributed by atoms with E-state index in [1.165, 1.54) is 0 Å². The zero-order valence-corrected chi connectivity index (χ0v) is 7.73. The van der Waals surface area contributed by atoms with Gasteiger partial charge in [0, 0.05) is 5.56 Å². The topological polar surface area (TPSA) is 46.5 Å². The van der Waals surface area contributed by atoms with Crippen LogP contribution in [0.3, 0.4) is 0 Å². The van der Waals surface area contributed by atoms with Gasteiger partial charge in [0.2, 0.25) is 6.10 Å². The molecule has 0 amide bonds. The van der Waals surface area contributed by atoms with Crippen LogP contribution in [0.2, 0.25) is 0 Å². The lowest BCUT2D eigenvalue weighted by atomic mass is 10.0. The Morgan fingerprint density at radius 3 is 3.00 bits per heavy atom. The predicted octanol–water partition coefficient (Wildman–Crippen LogP) is 1.85. The molecule has 0 aromatic heterocycles. The summed E-state index contributed by atoms with van der Waals surface area (Å²) >= 11 is 0. The normalized spacial score (nSPS) is 18.5. The average Bonchev–Trinajstić information content (AvgIpc) is 2.17. The Morgan fingerprint density at radius 2 is 2.29 bits per heavy atom. The van der Waals surface area contributed by atoms with Crippen molar-refractivity contribution in [2.75, 3.05) is 0 Å². The largest absolute Gasteiger partial charge is 0.478 e. The van der Waals surface area contributed by atoms with Crippen LogP contribution in [-0.4, -0.2) is 17.2 Å². The number of carboxylic acids is 1. The van der Waals surface area contributed by atoms with Crippen LogP contribution in [0.15, 0.2) is 24.3 Å². The zero-order valence-electron chi connectivity index (χ0n) is 7.73. The molecule has 1 aliphatic rings. The maximum absolute atomic E-state index is 10.7. The maximum atomic E-state index is 10.7. The molecule has 0 saturated heterocycles. The average molecular weight is 190 g/mol. The van der Waals surface area contributed by atoms with Crippen LogP contribution in [0, 0.1) is 6.92 Å². The van der Waals surface area contributed by atoms with E-state index >= 15 is 0 Å². The predicted molar refractivity (Wildman–Crippen MR) is 52.3 cm³/mol. The fourth-order valence-corrected chi connectivity index (χ4v) is 1.46. The minimum absolute atomic E-state index is 0.639. The second kappa shape index (κ2) is 3.18. The van der Waals surface area contributed by atoms with Crippen LogP contribution in [0.5, 0.6) is 5.75 Å². The maximum Gasteiger partial charge on any atom is 0.349 e. The van der Waals surface area contributed by atoms with Gasteiger partial charge in [0.25, 0.3) is 0 Å². The summed E-state index contributed by atoms with van der Waals surface area (Å²) < 4.78 is 5.29. The Kier molecular flexibility index (Phi) is 2.00. The van der Waals surface area contributed by atoms with Gasteiger partial charge in [-0.1, -0.05) is 18.2 Å². The van der Waals surface area contributed by atoms with E-state index in [1.54, 1.807) is 18.2 Å². The van der Waals surface area contributed by atoms with Crippen LogP contribution in [0.4, 0.5) is 0 Å². The fourth-order valence-electron chi connectivity index (χ4n) is 1.46. The molecule has 0 aliphatic carbocycles. The van der Waals surface area contributed by atoms with Crippen molar-refractivity contribution in [3.63, 3.8) is 0 Å². The van der Waals surface area contributed by atoms with E-state index in [0.717, 1.165) is 11.1 Å². The van der Waals surface area contributed by atoms with Crippen molar-refractivity contribution in [3.05, 3.63) is 35.4 Å². The first kappa shape index (κ1) is 8.81. The van der Waals surface area contributed by atoms with Gasteiger partial charge < -0.3 is 9.84 Å². The lowest BCUT2D eigenvalue weighted by Crippen LogP contribution is -2.26. The number of aliphatic carboxylic acids is 1. The number of hydrogen-bond donors (Lipinski definition) is 1. The molecule has 1 N–H and O–H groups in total. The van der Waals surface area contributed by atoms with Crippen LogP contribution in [0.25, 0.3) is 6.08 Å². The monoisotopic (exact) mass is 190 g/mol. The highest BCUT2D eigenvalue weighted by Gasteiger charge is 2.21. The Bertz CT molecular complexity index is 407. The third-order valence-electron chi connectivity index (χ3n) is 2.22. The molecule has 3 heteroatoms. The second-order valence-corrected chi connectivity index (χ2v) is 3.22. The van der Waals surface area contributed by atoms with Gasteiger partial charge in [0.15, 0.2) is 0 Å². The minimum atomic E-state index is -0.964. The molecule has 1 aromatic carbocycles. The number of fused-ring (bicyclic) bond motifs is 1. The van der Waals surface area contributed by atoms with E-state index in [-0.39, 0.29) is 0 Å². The lowest BCUT2D eigenvalue weighted by molar-refractivity contribution is -0.142. The van der Waals surface area contributed by atoms with E-state index in [9.17, 15) is 4.79 Å². The quantitative estimate of drug-likeness (QED) is 0.735. The summed E-state index contributed by atoms with van der Waals surface area (Å²) in [5.41, 5.74) is 2.05. The van der Waals surface area contributed by atoms with E-state index < -0.39 is 12.1 Å². The summed E-state index contributed by atoms with van der Waals surface area (Å²) in [6, 6.07) is 5.60. The molecule has 2 rings (SSSR count). The van der Waals surface area contributed by atoms with Crippen LogP contribution >= 0.6 is 0 Å². The van der Waals surface area contributed by atoms with E-state index in [1.807, 2.05) is 19.1 Å². The Hall–Kier alpha value is -1.77. The molecular weight excluding hydrogens is 180 g/mol.